The molecule has 70 heavy (non-hydrogen) atoms. The van der Waals surface area contributed by atoms with Crippen molar-refractivity contribution in [2.45, 2.75) is 110 Å². The van der Waals surface area contributed by atoms with Crippen molar-refractivity contribution >= 4 is 70.5 Å². The van der Waals surface area contributed by atoms with Crippen molar-refractivity contribution in [3.63, 3.8) is 0 Å². The van der Waals surface area contributed by atoms with Crippen LogP contribution in [0.2, 0.25) is 0 Å². The number of thioether (sulfide) groups is 1. The molecule has 1 amide bonds. The minimum absolute atomic E-state index is 0.0557. The number of alkyl halides is 2. The molecule has 8 rings (SSSR count). The van der Waals surface area contributed by atoms with Crippen molar-refractivity contribution in [1.82, 2.24) is 5.32 Å². The van der Waals surface area contributed by atoms with Crippen LogP contribution in [-0.2, 0) is 42.9 Å². The van der Waals surface area contributed by atoms with Crippen LogP contribution in [0.1, 0.15) is 79.8 Å². The molecule has 1 unspecified atom stereocenters. The second-order valence-electron chi connectivity index (χ2n) is 18.9. The standard InChI is InChI=1S/C53H53Cl2NO13S/c1-29-35(66-48(62)41(70-34-24-16-9-17-25-34)39(31-18-10-6-11-19-31)56-46(60)32-20-12-7-13-21-32)27-53(64)44(68-47(61)33-22-14-8-15-23-33)42-51(5,43(59)40(58)38(29)50(53,3)4)36(67-49(63)45(54)55)26-37-52(42,28-65-37)69-30(2)57/h6-25,35-37,39-42,44-45,58,64H,26-28H2,1-5H3,(H,56,60)/t35-,36-,37+,39-,40+,41+,42?,44-,51+,52-,53+/m0/s1. The second kappa shape index (κ2) is 19.9. The first-order valence-corrected chi connectivity index (χ1v) is 24.5. The number of fused-ring (bicyclic) bond motifs is 5. The highest BCUT2D eigenvalue weighted by molar-refractivity contribution is 8.00. The van der Waals surface area contributed by atoms with Gasteiger partial charge in [0.05, 0.1) is 29.5 Å². The van der Waals surface area contributed by atoms with Crippen LogP contribution >= 0.6 is 35.0 Å². The molecule has 4 aliphatic rings. The first-order chi connectivity index (χ1) is 33.2. The molecule has 3 fully saturated rings. The van der Waals surface area contributed by atoms with Crippen LogP contribution in [-0.4, -0.2) is 104 Å². The second-order valence-corrected chi connectivity index (χ2v) is 21.2. The van der Waals surface area contributed by atoms with E-state index in [2.05, 4.69) is 5.32 Å². The van der Waals surface area contributed by atoms with Gasteiger partial charge in [0, 0.05) is 35.6 Å². The van der Waals surface area contributed by atoms with Crippen LogP contribution in [0.5, 0.6) is 0 Å². The summed E-state index contributed by atoms with van der Waals surface area (Å²) in [5.74, 6) is -6.75. The van der Waals surface area contributed by atoms with Crippen molar-refractivity contribution in [2.24, 2.45) is 16.7 Å². The average molecular weight is 1010 g/mol. The zero-order valence-electron chi connectivity index (χ0n) is 38.9. The van der Waals surface area contributed by atoms with Crippen molar-refractivity contribution < 1.29 is 62.7 Å². The van der Waals surface area contributed by atoms with Crippen LogP contribution in [0.3, 0.4) is 0 Å². The maximum absolute atomic E-state index is 15.7. The van der Waals surface area contributed by atoms with Gasteiger partial charge in [-0.25, -0.2) is 9.59 Å². The number of carbonyl (C=O) groups is 6. The normalized spacial score (nSPS) is 29.6. The molecule has 4 aromatic rings. The molecule has 0 aromatic heterocycles. The van der Waals surface area contributed by atoms with Gasteiger partial charge in [0.25, 0.3) is 5.91 Å². The quantitative estimate of drug-likeness (QED) is 0.0396. The number of halogens is 2. The Labute approximate surface area is 419 Å². The number of nitrogens with one attached hydrogen (secondary N) is 1. The smallest absolute Gasteiger partial charge is 0.339 e. The molecule has 1 aliphatic heterocycles. The highest BCUT2D eigenvalue weighted by atomic mass is 35.5. The Morgan fingerprint density at radius 2 is 1.37 bits per heavy atom. The first kappa shape index (κ1) is 50.8. The van der Waals surface area contributed by atoms with E-state index in [0.29, 0.717) is 16.0 Å². The van der Waals surface area contributed by atoms with Gasteiger partial charge in [-0.05, 0) is 67.0 Å². The number of aliphatic hydroxyl groups is 2. The molecule has 1 saturated heterocycles. The van der Waals surface area contributed by atoms with E-state index in [1.165, 1.54) is 19.1 Å². The van der Waals surface area contributed by atoms with Gasteiger partial charge < -0.3 is 39.2 Å². The lowest BCUT2D eigenvalue weighted by molar-refractivity contribution is -0.346. The summed E-state index contributed by atoms with van der Waals surface area (Å²) in [5.41, 5.74) is -6.93. The predicted molar refractivity (Wildman–Crippen MR) is 258 cm³/mol. The molecule has 1 heterocycles. The van der Waals surface area contributed by atoms with Crippen LogP contribution in [0, 0.1) is 16.7 Å². The minimum atomic E-state index is -2.41. The summed E-state index contributed by atoms with van der Waals surface area (Å²) in [7, 11) is 0. The molecule has 0 radical (unpaired) electrons. The van der Waals surface area contributed by atoms with Gasteiger partial charge in [-0.2, -0.15) is 0 Å². The number of hydrogen-bond acceptors (Lipinski definition) is 14. The number of esters is 4. The molecular formula is C53H53Cl2NO13S. The minimum Gasteiger partial charge on any atom is -0.459 e. The van der Waals surface area contributed by atoms with E-state index in [1.54, 1.807) is 124 Å². The molecule has 2 saturated carbocycles. The van der Waals surface area contributed by atoms with Gasteiger partial charge in [0.1, 0.15) is 41.4 Å². The maximum atomic E-state index is 15.7. The summed E-state index contributed by atoms with van der Waals surface area (Å²) in [6.45, 7) is 6.92. The third-order valence-electron chi connectivity index (χ3n) is 14.6. The van der Waals surface area contributed by atoms with Crippen molar-refractivity contribution in [1.29, 1.82) is 0 Å². The molecular weight excluding hydrogens is 962 g/mol. The van der Waals surface area contributed by atoms with Crippen molar-refractivity contribution in [2.75, 3.05) is 6.61 Å². The van der Waals surface area contributed by atoms with Gasteiger partial charge in [0.15, 0.2) is 11.4 Å². The van der Waals surface area contributed by atoms with Crippen LogP contribution < -0.4 is 5.32 Å². The molecule has 3 aliphatic carbocycles. The number of ether oxygens (including phenoxy) is 5. The third-order valence-corrected chi connectivity index (χ3v) is 16.2. The van der Waals surface area contributed by atoms with E-state index in [4.69, 9.17) is 46.9 Å². The summed E-state index contributed by atoms with van der Waals surface area (Å²) in [6.07, 6.45) is -8.75. The summed E-state index contributed by atoms with van der Waals surface area (Å²) in [5, 5.41) is 28.5. The van der Waals surface area contributed by atoms with E-state index >= 15 is 9.59 Å². The highest BCUT2D eigenvalue weighted by Crippen LogP contribution is 2.64. The fourth-order valence-corrected chi connectivity index (χ4v) is 12.3. The summed E-state index contributed by atoms with van der Waals surface area (Å²) in [4.78, 5) is 85.0. The molecule has 2 bridgehead atoms. The first-order valence-electron chi connectivity index (χ1n) is 22.8. The van der Waals surface area contributed by atoms with E-state index < -0.39 is 117 Å². The zero-order valence-corrected chi connectivity index (χ0v) is 41.2. The van der Waals surface area contributed by atoms with Crippen LogP contribution in [0.25, 0.3) is 0 Å². The topological polar surface area (TPSA) is 201 Å². The Hall–Kier alpha value is -5.55. The molecule has 3 N–H and O–H groups in total. The molecule has 0 spiro atoms. The largest absolute Gasteiger partial charge is 0.459 e. The van der Waals surface area contributed by atoms with E-state index in [-0.39, 0.29) is 29.7 Å². The maximum Gasteiger partial charge on any atom is 0.339 e. The number of ketones is 1. The van der Waals surface area contributed by atoms with E-state index in [0.717, 1.165) is 18.7 Å². The average Bonchev–Trinajstić information content (AvgIpc) is 3.34. The lowest BCUT2D eigenvalue weighted by atomic mass is 9.44. The van der Waals surface area contributed by atoms with E-state index in [9.17, 15) is 29.4 Å². The van der Waals surface area contributed by atoms with E-state index in [1.807, 2.05) is 6.07 Å². The summed E-state index contributed by atoms with van der Waals surface area (Å²) in [6, 6.07) is 33.3. The predicted octanol–water partition coefficient (Wildman–Crippen LogP) is 7.32. The Morgan fingerprint density at radius 1 is 0.800 bits per heavy atom. The van der Waals surface area contributed by atoms with Gasteiger partial charge in [-0.15, -0.1) is 11.8 Å². The highest BCUT2D eigenvalue weighted by Gasteiger charge is 2.79. The molecule has 4 aromatic carbocycles. The van der Waals surface area contributed by atoms with Gasteiger partial charge in [-0.3, -0.25) is 19.2 Å². The van der Waals surface area contributed by atoms with Crippen LogP contribution in [0.15, 0.2) is 137 Å². The van der Waals surface area contributed by atoms with Gasteiger partial charge >= 0.3 is 23.9 Å². The lowest BCUT2D eigenvalue weighted by Crippen LogP contribution is -2.82. The Kier molecular flexibility index (Phi) is 14.5. The monoisotopic (exact) mass is 1010 g/mol. The van der Waals surface area contributed by atoms with Crippen molar-refractivity contribution in [3.8, 4) is 0 Å². The summed E-state index contributed by atoms with van der Waals surface area (Å²) >= 11 is 13.1. The summed E-state index contributed by atoms with van der Waals surface area (Å²) < 4.78 is 31.1. The Bertz CT molecular complexity index is 2670. The number of aliphatic hydroxyl groups excluding tert-OH is 1. The number of hydrogen-bond donors (Lipinski definition) is 3. The number of carbonyl (C=O) groups excluding carboxylic acids is 6. The zero-order chi connectivity index (χ0) is 50.3. The third kappa shape index (κ3) is 9.05. The molecule has 11 atom stereocenters. The fraction of sp³-hybridized carbons (Fsp3) is 0.396. The molecule has 368 valence electrons. The SMILES string of the molecule is CC(=O)O[C@@]12CO[C@@H]1C[C@H](OC(=O)C(Cl)Cl)[C@@]1(C)C(=O)[C@H](O)C3=C(C)[C@@H](OC(=O)[C@H](Sc4ccccc4)[C@@H](NC(=O)c4ccccc4)c4ccccc4)C[C@@](O)([C@@H](OC(=O)c4ccccc4)C12)C3(C)C. The number of amides is 1. The molecule has 17 heteroatoms. The molecule has 14 nitrogen and oxygen atoms in total. The fourth-order valence-electron chi connectivity index (χ4n) is 11.0. The number of rotatable bonds is 13. The Morgan fingerprint density at radius 3 is 1.93 bits per heavy atom. The lowest BCUT2D eigenvalue weighted by Gasteiger charge is -2.67. The van der Waals surface area contributed by atoms with Gasteiger partial charge in [-0.1, -0.05) is 122 Å². The van der Waals surface area contributed by atoms with Crippen molar-refractivity contribution in [3.05, 3.63) is 149 Å². The number of benzene rings is 4. The number of Topliss-reactive ketones (excluding diaryl/α,β-unsaturated/α-hetero) is 1. The van der Waals surface area contributed by atoms with Crippen LogP contribution in [0.4, 0.5) is 0 Å². The Balaban J connectivity index is 1.30. The van der Waals surface area contributed by atoms with Gasteiger partial charge in [0.2, 0.25) is 4.84 Å².